The standard InChI is InChI=1S/C12H13N7/c13-17-15-10-9-7-19(12(10)11(9)16-18-14)6-8-4-2-1-3-5-8/h1-5,9-12H,6-7H2/t9?,10-,11+,12?. The van der Waals surface area contributed by atoms with Crippen LogP contribution in [0, 0.1) is 5.92 Å². The van der Waals surface area contributed by atoms with E-state index in [4.69, 9.17) is 11.1 Å². The van der Waals surface area contributed by atoms with E-state index in [1.807, 2.05) is 18.2 Å². The number of hydrogen-bond donors (Lipinski definition) is 0. The number of fused-ring (bicyclic) bond motifs is 1. The third-order valence-electron chi connectivity index (χ3n) is 4.04. The maximum Gasteiger partial charge on any atom is 0.0578 e. The fraction of sp³-hybridized carbons (Fsp3) is 0.500. The Morgan fingerprint density at radius 2 is 1.74 bits per heavy atom. The molecular formula is C12H13N7. The molecule has 7 nitrogen and oxygen atoms in total. The van der Waals surface area contributed by atoms with Crippen LogP contribution in [-0.2, 0) is 6.54 Å². The molecule has 2 aliphatic heterocycles. The molecule has 7 heteroatoms. The van der Waals surface area contributed by atoms with Crippen LogP contribution in [0.15, 0.2) is 40.6 Å². The van der Waals surface area contributed by atoms with Crippen molar-refractivity contribution in [1.29, 1.82) is 0 Å². The second kappa shape index (κ2) is 4.82. The molecule has 0 aromatic heterocycles. The molecule has 1 aromatic carbocycles. The lowest BCUT2D eigenvalue weighted by Crippen LogP contribution is -2.54. The predicted octanol–water partition coefficient (Wildman–Crippen LogP) is 2.86. The quantitative estimate of drug-likeness (QED) is 0.461. The molecule has 0 N–H and O–H groups in total. The summed E-state index contributed by atoms with van der Waals surface area (Å²) in [6.45, 7) is 1.63. The van der Waals surface area contributed by atoms with Gasteiger partial charge < -0.3 is 0 Å². The molecule has 0 amide bonds. The van der Waals surface area contributed by atoms with E-state index < -0.39 is 0 Å². The maximum atomic E-state index is 8.59. The largest absolute Gasteiger partial charge is 0.295 e. The van der Waals surface area contributed by atoms with Crippen molar-refractivity contribution in [3.8, 4) is 0 Å². The van der Waals surface area contributed by atoms with Gasteiger partial charge in [0.25, 0.3) is 0 Å². The summed E-state index contributed by atoms with van der Waals surface area (Å²) in [5.41, 5.74) is 18.4. The van der Waals surface area contributed by atoms with E-state index >= 15 is 0 Å². The third kappa shape index (κ3) is 1.90. The second-order valence-corrected chi connectivity index (χ2v) is 4.96. The first-order chi connectivity index (χ1) is 9.35. The summed E-state index contributed by atoms with van der Waals surface area (Å²) in [6, 6.07) is 10.1. The topological polar surface area (TPSA) is 101 Å². The molecule has 1 aliphatic carbocycles. The van der Waals surface area contributed by atoms with Crippen LogP contribution in [0.5, 0.6) is 0 Å². The summed E-state index contributed by atoms with van der Waals surface area (Å²) in [4.78, 5) is 8.04. The van der Waals surface area contributed by atoms with Gasteiger partial charge in [-0.1, -0.05) is 40.6 Å². The minimum atomic E-state index is -0.0517. The molecule has 2 saturated heterocycles. The molecule has 0 radical (unpaired) electrons. The third-order valence-corrected chi connectivity index (χ3v) is 4.04. The first-order valence-electron chi connectivity index (χ1n) is 6.21. The van der Waals surface area contributed by atoms with Gasteiger partial charge in [-0.15, -0.1) is 0 Å². The number of nitrogens with zero attached hydrogens (tertiary/aromatic N) is 7. The van der Waals surface area contributed by atoms with Crippen LogP contribution in [0.25, 0.3) is 20.9 Å². The van der Waals surface area contributed by atoms with Crippen molar-refractivity contribution in [1.82, 2.24) is 4.90 Å². The zero-order chi connectivity index (χ0) is 13.2. The Morgan fingerprint density at radius 3 is 2.32 bits per heavy atom. The zero-order valence-electron chi connectivity index (χ0n) is 10.2. The van der Waals surface area contributed by atoms with E-state index in [2.05, 4.69) is 37.1 Å². The van der Waals surface area contributed by atoms with Gasteiger partial charge in [-0.25, -0.2) is 0 Å². The zero-order valence-corrected chi connectivity index (χ0v) is 10.2. The molecule has 2 heterocycles. The van der Waals surface area contributed by atoms with Crippen LogP contribution in [0.3, 0.4) is 0 Å². The Bertz CT molecular complexity index is 533. The molecule has 1 aromatic rings. The average Bonchev–Trinajstić information content (AvgIpc) is 2.95. The molecule has 2 unspecified atom stereocenters. The van der Waals surface area contributed by atoms with Gasteiger partial charge in [0.05, 0.1) is 12.1 Å². The minimum Gasteiger partial charge on any atom is -0.295 e. The smallest absolute Gasteiger partial charge is 0.0578 e. The second-order valence-electron chi connectivity index (χ2n) is 4.96. The molecule has 3 fully saturated rings. The molecule has 96 valence electrons. The van der Waals surface area contributed by atoms with Crippen molar-refractivity contribution < 1.29 is 0 Å². The fourth-order valence-corrected chi connectivity index (χ4v) is 3.22. The lowest BCUT2D eigenvalue weighted by molar-refractivity contribution is 0.175. The van der Waals surface area contributed by atoms with Crippen molar-refractivity contribution >= 4 is 0 Å². The molecule has 1 saturated carbocycles. The lowest BCUT2D eigenvalue weighted by Gasteiger charge is -2.39. The normalized spacial score (nSPS) is 32.0. The monoisotopic (exact) mass is 255 g/mol. The average molecular weight is 255 g/mol. The molecule has 3 aliphatic rings. The highest BCUT2D eigenvalue weighted by Crippen LogP contribution is 2.46. The van der Waals surface area contributed by atoms with Crippen LogP contribution >= 0.6 is 0 Å². The summed E-state index contributed by atoms with van der Waals surface area (Å²) in [6.07, 6.45) is 0. The van der Waals surface area contributed by atoms with E-state index in [0.29, 0.717) is 0 Å². The van der Waals surface area contributed by atoms with Crippen LogP contribution in [0.4, 0.5) is 0 Å². The number of benzene rings is 1. The first kappa shape index (κ1) is 11.9. The van der Waals surface area contributed by atoms with Gasteiger partial charge in [0.1, 0.15) is 0 Å². The van der Waals surface area contributed by atoms with E-state index in [1.54, 1.807) is 0 Å². The molecular weight excluding hydrogens is 242 g/mol. The summed E-state index contributed by atoms with van der Waals surface area (Å²) < 4.78 is 0. The Labute approximate surface area is 110 Å². The van der Waals surface area contributed by atoms with Gasteiger partial charge in [-0.05, 0) is 22.5 Å². The number of hydrogen-bond acceptors (Lipinski definition) is 3. The van der Waals surface area contributed by atoms with Gasteiger partial charge in [0.2, 0.25) is 0 Å². The number of azide groups is 2. The van der Waals surface area contributed by atoms with Crippen molar-refractivity contribution in [2.75, 3.05) is 6.54 Å². The molecule has 2 bridgehead atoms. The van der Waals surface area contributed by atoms with Crippen LogP contribution in [0.2, 0.25) is 0 Å². The molecule has 4 rings (SSSR count). The Morgan fingerprint density at radius 1 is 1.11 bits per heavy atom. The SMILES string of the molecule is [N-]=[N+]=N[C@@H]1C2CN(Cc3ccccc3)C1[C@H]2N=[N+]=[N-]. The highest BCUT2D eigenvalue weighted by Gasteiger charge is 2.58. The molecule has 0 spiro atoms. The van der Waals surface area contributed by atoms with Crippen molar-refractivity contribution in [3.63, 3.8) is 0 Å². The van der Waals surface area contributed by atoms with Crippen molar-refractivity contribution in [2.24, 2.45) is 16.1 Å². The lowest BCUT2D eigenvalue weighted by atomic mass is 9.75. The van der Waals surface area contributed by atoms with Gasteiger partial charge in [-0.3, -0.25) is 4.90 Å². The highest BCUT2D eigenvalue weighted by atomic mass is 15.4. The van der Waals surface area contributed by atoms with Crippen LogP contribution < -0.4 is 0 Å². The van der Waals surface area contributed by atoms with Gasteiger partial charge in [0.15, 0.2) is 0 Å². The fourth-order valence-electron chi connectivity index (χ4n) is 3.22. The predicted molar refractivity (Wildman–Crippen MR) is 70.0 cm³/mol. The Balaban J connectivity index is 1.78. The van der Waals surface area contributed by atoms with Crippen molar-refractivity contribution in [2.45, 2.75) is 24.7 Å². The van der Waals surface area contributed by atoms with Gasteiger partial charge in [0, 0.05) is 29.0 Å². The van der Waals surface area contributed by atoms with E-state index in [9.17, 15) is 0 Å². The van der Waals surface area contributed by atoms with E-state index in [-0.39, 0.29) is 24.0 Å². The van der Waals surface area contributed by atoms with Gasteiger partial charge >= 0.3 is 0 Å². The highest BCUT2D eigenvalue weighted by molar-refractivity contribution is 5.22. The molecule has 19 heavy (non-hydrogen) atoms. The van der Waals surface area contributed by atoms with Crippen LogP contribution in [0.1, 0.15) is 5.56 Å². The summed E-state index contributed by atoms with van der Waals surface area (Å²) in [5, 5.41) is 7.67. The first-order valence-corrected chi connectivity index (χ1v) is 6.21. The Kier molecular flexibility index (Phi) is 3.01. The van der Waals surface area contributed by atoms with E-state index in [0.717, 1.165) is 13.1 Å². The summed E-state index contributed by atoms with van der Waals surface area (Å²) in [5.74, 6) is 0.167. The van der Waals surface area contributed by atoms with Crippen molar-refractivity contribution in [3.05, 3.63) is 56.8 Å². The number of rotatable bonds is 4. The van der Waals surface area contributed by atoms with E-state index in [1.165, 1.54) is 5.56 Å². The summed E-state index contributed by atoms with van der Waals surface area (Å²) >= 11 is 0. The molecule has 4 atom stereocenters. The Hall–Kier alpha value is -2.20. The minimum absolute atomic E-state index is 0.0517. The maximum absolute atomic E-state index is 8.59. The van der Waals surface area contributed by atoms with Gasteiger partial charge in [-0.2, -0.15) is 0 Å². The summed E-state index contributed by atoms with van der Waals surface area (Å²) in [7, 11) is 0. The van der Waals surface area contributed by atoms with Crippen LogP contribution in [-0.4, -0.2) is 29.6 Å².